The number of aromatic nitrogens is 1. The van der Waals surface area contributed by atoms with Crippen molar-refractivity contribution in [2.75, 3.05) is 0 Å². The number of halogens is 4. The minimum atomic E-state index is -4.84. The zero-order valence-electron chi connectivity index (χ0n) is 7.18. The fourth-order valence-electron chi connectivity index (χ4n) is 0.898. The first-order valence-electron chi connectivity index (χ1n) is 3.67. The van der Waals surface area contributed by atoms with E-state index in [0.717, 1.165) is 6.20 Å². The number of nitrogens with zero attached hydrogens (tertiary/aromatic N) is 2. The van der Waals surface area contributed by atoms with Crippen molar-refractivity contribution < 1.29 is 17.9 Å². The first-order chi connectivity index (χ1) is 6.98. The van der Waals surface area contributed by atoms with Gasteiger partial charge in [-0.2, -0.15) is 5.26 Å². The van der Waals surface area contributed by atoms with Crippen LogP contribution in [0.15, 0.2) is 12.3 Å². The van der Waals surface area contributed by atoms with Gasteiger partial charge in [0.25, 0.3) is 0 Å². The zero-order valence-corrected chi connectivity index (χ0v) is 8.76. The normalized spacial score (nSPS) is 10.9. The first kappa shape index (κ1) is 11.8. The predicted octanol–water partition coefficient (Wildman–Crippen LogP) is 2.75. The maximum atomic E-state index is 11.9. The van der Waals surface area contributed by atoms with Gasteiger partial charge in [-0.1, -0.05) is 15.9 Å². The van der Waals surface area contributed by atoms with Crippen molar-refractivity contribution in [1.82, 2.24) is 4.98 Å². The number of pyridine rings is 1. The molecule has 0 aliphatic rings. The molecule has 80 valence electrons. The molecule has 0 aromatic carbocycles. The SMILES string of the molecule is N#Cc1c(CBr)ccnc1OC(F)(F)F. The van der Waals surface area contributed by atoms with Crippen LogP contribution in [0, 0.1) is 11.3 Å². The summed E-state index contributed by atoms with van der Waals surface area (Å²) in [6.45, 7) is 0. The second-order valence-electron chi connectivity index (χ2n) is 2.44. The molecule has 0 fully saturated rings. The Balaban J connectivity index is 3.14. The summed E-state index contributed by atoms with van der Waals surface area (Å²) in [7, 11) is 0. The van der Waals surface area contributed by atoms with E-state index in [9.17, 15) is 13.2 Å². The Morgan fingerprint density at radius 2 is 2.20 bits per heavy atom. The van der Waals surface area contributed by atoms with E-state index in [1.165, 1.54) is 6.07 Å². The molecule has 0 atom stereocenters. The van der Waals surface area contributed by atoms with Crippen LogP contribution in [0.2, 0.25) is 0 Å². The van der Waals surface area contributed by atoms with Crippen molar-refractivity contribution in [3.8, 4) is 11.9 Å². The van der Waals surface area contributed by atoms with Gasteiger partial charge in [-0.3, -0.25) is 0 Å². The monoisotopic (exact) mass is 280 g/mol. The molecule has 0 saturated carbocycles. The average Bonchev–Trinajstić information content (AvgIpc) is 2.15. The maximum absolute atomic E-state index is 11.9. The summed E-state index contributed by atoms with van der Waals surface area (Å²) in [5.74, 6) is -0.720. The molecule has 0 aliphatic heterocycles. The van der Waals surface area contributed by atoms with Crippen molar-refractivity contribution in [2.45, 2.75) is 11.7 Å². The molecule has 1 heterocycles. The number of rotatable bonds is 2. The lowest BCUT2D eigenvalue weighted by atomic mass is 10.2. The summed E-state index contributed by atoms with van der Waals surface area (Å²) in [5.41, 5.74) is 0.179. The van der Waals surface area contributed by atoms with Crippen LogP contribution in [0.25, 0.3) is 0 Å². The second kappa shape index (κ2) is 4.49. The quantitative estimate of drug-likeness (QED) is 0.783. The van der Waals surface area contributed by atoms with Crippen molar-refractivity contribution in [3.05, 3.63) is 23.4 Å². The average molecular weight is 281 g/mol. The molecule has 0 amide bonds. The Labute approximate surface area is 91.6 Å². The number of hydrogen-bond donors (Lipinski definition) is 0. The summed E-state index contributed by atoms with van der Waals surface area (Å²) in [6.07, 6.45) is -3.69. The second-order valence-corrected chi connectivity index (χ2v) is 3.00. The summed E-state index contributed by atoms with van der Waals surface area (Å²) < 4.78 is 39.3. The minimum absolute atomic E-state index is 0.216. The molecule has 1 aromatic heterocycles. The molecule has 0 aliphatic carbocycles. The molecule has 15 heavy (non-hydrogen) atoms. The smallest absolute Gasteiger partial charge is 0.386 e. The highest BCUT2D eigenvalue weighted by Crippen LogP contribution is 2.26. The number of alkyl halides is 4. The minimum Gasteiger partial charge on any atom is -0.386 e. The lowest BCUT2D eigenvalue weighted by Crippen LogP contribution is -2.19. The lowest BCUT2D eigenvalue weighted by Gasteiger charge is -2.10. The van der Waals surface area contributed by atoms with Crippen LogP contribution in [0.4, 0.5) is 13.2 Å². The van der Waals surface area contributed by atoms with Crippen molar-refractivity contribution in [3.63, 3.8) is 0 Å². The van der Waals surface area contributed by atoms with Gasteiger partial charge in [-0.25, -0.2) is 4.98 Å². The van der Waals surface area contributed by atoms with Gasteiger partial charge in [0.05, 0.1) is 0 Å². The summed E-state index contributed by atoms with van der Waals surface area (Å²) in [4.78, 5) is 3.36. The maximum Gasteiger partial charge on any atom is 0.574 e. The Morgan fingerprint density at radius 3 is 2.67 bits per heavy atom. The molecule has 0 saturated heterocycles. The van der Waals surface area contributed by atoms with E-state index >= 15 is 0 Å². The molecule has 7 heteroatoms. The third-order valence-electron chi connectivity index (χ3n) is 1.47. The van der Waals surface area contributed by atoms with Gasteiger partial charge in [0.1, 0.15) is 11.6 Å². The van der Waals surface area contributed by atoms with Crippen LogP contribution in [-0.2, 0) is 5.33 Å². The molecule has 0 unspecified atom stereocenters. The topological polar surface area (TPSA) is 45.9 Å². The van der Waals surface area contributed by atoms with Gasteiger partial charge < -0.3 is 4.74 Å². The predicted molar refractivity (Wildman–Crippen MR) is 48.3 cm³/mol. The molecule has 0 bridgehead atoms. The highest BCUT2D eigenvalue weighted by molar-refractivity contribution is 9.08. The number of hydrogen-bond acceptors (Lipinski definition) is 3. The fourth-order valence-corrected chi connectivity index (χ4v) is 1.37. The summed E-state index contributed by atoms with van der Waals surface area (Å²) >= 11 is 3.05. The van der Waals surface area contributed by atoms with E-state index < -0.39 is 12.2 Å². The molecule has 0 spiro atoms. The fraction of sp³-hybridized carbons (Fsp3) is 0.250. The van der Waals surface area contributed by atoms with E-state index in [4.69, 9.17) is 5.26 Å². The molecular weight excluding hydrogens is 277 g/mol. The van der Waals surface area contributed by atoms with Crippen molar-refractivity contribution >= 4 is 15.9 Å². The third kappa shape index (κ3) is 3.09. The molecule has 1 aromatic rings. The van der Waals surface area contributed by atoms with Gasteiger partial charge in [0.2, 0.25) is 5.88 Å². The van der Waals surface area contributed by atoms with Gasteiger partial charge >= 0.3 is 6.36 Å². The molecule has 0 radical (unpaired) electrons. The van der Waals surface area contributed by atoms with E-state index in [0.29, 0.717) is 5.56 Å². The molecule has 3 nitrogen and oxygen atoms in total. The van der Waals surface area contributed by atoms with E-state index in [1.54, 1.807) is 6.07 Å². The number of ether oxygens (including phenoxy) is 1. The summed E-state index contributed by atoms with van der Waals surface area (Å²) in [6, 6.07) is 3.06. The largest absolute Gasteiger partial charge is 0.574 e. The third-order valence-corrected chi connectivity index (χ3v) is 2.07. The van der Waals surface area contributed by atoms with Crippen molar-refractivity contribution in [1.29, 1.82) is 5.26 Å². The van der Waals surface area contributed by atoms with Crippen LogP contribution in [0.1, 0.15) is 11.1 Å². The Kier molecular flexibility index (Phi) is 3.52. The highest BCUT2D eigenvalue weighted by atomic mass is 79.9. The summed E-state index contributed by atoms with van der Waals surface area (Å²) in [5, 5.41) is 8.93. The van der Waals surface area contributed by atoms with Crippen LogP contribution >= 0.6 is 15.9 Å². The molecular formula is C8H4BrF3N2O. The number of nitriles is 1. The Bertz CT molecular complexity index is 400. The van der Waals surface area contributed by atoms with Crippen molar-refractivity contribution in [2.24, 2.45) is 0 Å². The van der Waals surface area contributed by atoms with E-state index in [1.807, 2.05) is 0 Å². The highest BCUT2D eigenvalue weighted by Gasteiger charge is 2.33. The standard InChI is InChI=1S/C8H4BrF3N2O/c9-3-5-1-2-14-7(6(5)4-13)15-8(10,11)12/h1-2H,3H2. The zero-order chi connectivity index (χ0) is 11.5. The Hall–Kier alpha value is -1.29. The molecule has 1 rings (SSSR count). The van der Waals surface area contributed by atoms with Crippen LogP contribution in [0.5, 0.6) is 5.88 Å². The van der Waals surface area contributed by atoms with Gasteiger partial charge in [-0.05, 0) is 11.6 Å². The molecule has 0 N–H and O–H groups in total. The van der Waals surface area contributed by atoms with Crippen LogP contribution in [-0.4, -0.2) is 11.3 Å². The van der Waals surface area contributed by atoms with Gasteiger partial charge in [0, 0.05) is 11.5 Å². The van der Waals surface area contributed by atoms with E-state index in [2.05, 4.69) is 25.7 Å². The van der Waals surface area contributed by atoms with Crippen LogP contribution in [0.3, 0.4) is 0 Å². The Morgan fingerprint density at radius 1 is 1.53 bits per heavy atom. The lowest BCUT2D eigenvalue weighted by molar-refractivity contribution is -0.276. The first-order valence-corrected chi connectivity index (χ1v) is 4.79. The van der Waals surface area contributed by atoms with Gasteiger partial charge in [0.15, 0.2) is 0 Å². The van der Waals surface area contributed by atoms with E-state index in [-0.39, 0.29) is 10.9 Å². The van der Waals surface area contributed by atoms with Crippen LogP contribution < -0.4 is 4.74 Å². The van der Waals surface area contributed by atoms with Gasteiger partial charge in [-0.15, -0.1) is 13.2 Å².